The summed E-state index contributed by atoms with van der Waals surface area (Å²) in [6.07, 6.45) is 12.0. The number of aromatic nitrogens is 5. The van der Waals surface area contributed by atoms with Gasteiger partial charge in [0.1, 0.15) is 11.3 Å². The van der Waals surface area contributed by atoms with Gasteiger partial charge in [0.05, 0.1) is 35.8 Å². The monoisotopic (exact) mass is 546 g/mol. The molecule has 0 unspecified atom stereocenters. The van der Waals surface area contributed by atoms with Gasteiger partial charge < -0.3 is 14.7 Å². The van der Waals surface area contributed by atoms with Gasteiger partial charge in [-0.25, -0.2) is 4.52 Å². The predicted octanol–water partition coefficient (Wildman–Crippen LogP) is 4.80. The summed E-state index contributed by atoms with van der Waals surface area (Å²) < 4.78 is 10.1. The van der Waals surface area contributed by atoms with Crippen molar-refractivity contribution < 1.29 is 14.6 Å². The molecule has 1 saturated heterocycles. The Labute approximate surface area is 231 Å². The number of aliphatic hydroxyl groups is 1. The summed E-state index contributed by atoms with van der Waals surface area (Å²) in [6.45, 7) is 7.05. The molecule has 1 spiro atoms. The SMILES string of the molecule is C=CC(=O)N1CCC2(CC1)CC(n1ncc(-c3cc(O[C@H](CO)c4ccccn4)c4c(Cl)cnn4c3)c1C)C2. The quantitative estimate of drug-likeness (QED) is 0.334. The first-order chi connectivity index (χ1) is 18.9. The lowest BCUT2D eigenvalue weighted by Crippen LogP contribution is -2.49. The highest BCUT2D eigenvalue weighted by molar-refractivity contribution is 6.34. The molecule has 2 aliphatic rings. The van der Waals surface area contributed by atoms with Crippen LogP contribution in [0.5, 0.6) is 5.75 Å². The number of fused-ring (bicyclic) bond motifs is 1. The first-order valence-electron chi connectivity index (χ1n) is 13.2. The number of aliphatic hydroxyl groups excluding tert-OH is 1. The van der Waals surface area contributed by atoms with Gasteiger partial charge in [-0.05, 0) is 62.3 Å². The van der Waals surface area contributed by atoms with Gasteiger partial charge in [0.2, 0.25) is 5.91 Å². The van der Waals surface area contributed by atoms with E-state index in [0.717, 1.165) is 55.6 Å². The van der Waals surface area contributed by atoms with E-state index in [2.05, 4.69) is 28.3 Å². The molecule has 2 fully saturated rings. The second-order valence-corrected chi connectivity index (χ2v) is 11.0. The van der Waals surface area contributed by atoms with Crippen molar-refractivity contribution in [2.45, 2.75) is 44.8 Å². The fourth-order valence-corrected chi connectivity index (χ4v) is 6.35. The molecule has 0 radical (unpaired) electrons. The molecule has 0 aromatic carbocycles. The zero-order valence-corrected chi connectivity index (χ0v) is 22.6. The molecule has 10 heteroatoms. The normalized spacial score (nSPS) is 17.8. The van der Waals surface area contributed by atoms with Crippen LogP contribution in [0.2, 0.25) is 5.02 Å². The number of amides is 1. The zero-order chi connectivity index (χ0) is 27.1. The van der Waals surface area contributed by atoms with Gasteiger partial charge in [-0.1, -0.05) is 24.2 Å². The van der Waals surface area contributed by atoms with Crippen molar-refractivity contribution in [2.24, 2.45) is 5.41 Å². The topological polar surface area (TPSA) is 97.8 Å². The Morgan fingerprint density at radius 3 is 2.77 bits per heavy atom. The van der Waals surface area contributed by atoms with Crippen LogP contribution < -0.4 is 4.74 Å². The van der Waals surface area contributed by atoms with E-state index in [-0.39, 0.29) is 17.9 Å². The zero-order valence-electron chi connectivity index (χ0n) is 21.8. The summed E-state index contributed by atoms with van der Waals surface area (Å²) in [7, 11) is 0. The van der Waals surface area contributed by atoms with Gasteiger partial charge in [-0.3, -0.25) is 14.5 Å². The van der Waals surface area contributed by atoms with Crippen LogP contribution in [0.3, 0.4) is 0 Å². The number of hydrogen-bond acceptors (Lipinski definition) is 6. The van der Waals surface area contributed by atoms with E-state index in [4.69, 9.17) is 21.4 Å². The highest BCUT2D eigenvalue weighted by Crippen LogP contribution is 2.55. The first kappa shape index (κ1) is 25.6. The number of piperidine rings is 1. The van der Waals surface area contributed by atoms with Crippen LogP contribution in [0, 0.1) is 12.3 Å². The average molecular weight is 547 g/mol. The summed E-state index contributed by atoms with van der Waals surface area (Å²) >= 11 is 6.47. The number of ether oxygens (including phenoxy) is 1. The van der Waals surface area contributed by atoms with Gasteiger partial charge in [0.25, 0.3) is 0 Å². The van der Waals surface area contributed by atoms with Crippen molar-refractivity contribution in [2.75, 3.05) is 19.7 Å². The summed E-state index contributed by atoms with van der Waals surface area (Å²) in [5, 5.41) is 19.7. The number of rotatable bonds is 7. The molecule has 4 aromatic heterocycles. The maximum Gasteiger partial charge on any atom is 0.245 e. The average Bonchev–Trinajstić information content (AvgIpc) is 3.52. The van der Waals surface area contributed by atoms with E-state index in [1.807, 2.05) is 41.6 Å². The number of halogens is 1. The number of hydrogen-bond donors (Lipinski definition) is 1. The van der Waals surface area contributed by atoms with Gasteiger partial charge in [0.15, 0.2) is 6.10 Å². The van der Waals surface area contributed by atoms with E-state index >= 15 is 0 Å². The third kappa shape index (κ3) is 4.59. The van der Waals surface area contributed by atoms with Gasteiger partial charge >= 0.3 is 0 Å². The largest absolute Gasteiger partial charge is 0.479 e. The minimum absolute atomic E-state index is 0.0254. The third-order valence-electron chi connectivity index (χ3n) is 8.33. The number of likely N-dealkylation sites (tertiary alicyclic amines) is 1. The highest BCUT2D eigenvalue weighted by Gasteiger charge is 2.47. The Morgan fingerprint density at radius 1 is 1.28 bits per heavy atom. The minimum Gasteiger partial charge on any atom is -0.479 e. The molecule has 4 aromatic rings. The molecule has 0 bridgehead atoms. The van der Waals surface area contributed by atoms with E-state index in [0.29, 0.717) is 28.0 Å². The van der Waals surface area contributed by atoms with Crippen LogP contribution in [0.25, 0.3) is 16.6 Å². The summed E-state index contributed by atoms with van der Waals surface area (Å²) in [5.41, 5.74) is 4.49. The summed E-state index contributed by atoms with van der Waals surface area (Å²) in [5.74, 6) is 0.535. The molecule has 1 N–H and O–H groups in total. The van der Waals surface area contributed by atoms with Crippen LogP contribution in [-0.4, -0.2) is 60.0 Å². The molecule has 1 atom stereocenters. The van der Waals surface area contributed by atoms with Crippen LogP contribution in [-0.2, 0) is 4.79 Å². The first-order valence-corrected chi connectivity index (χ1v) is 13.6. The maximum atomic E-state index is 12.0. The van der Waals surface area contributed by atoms with Crippen molar-refractivity contribution in [3.8, 4) is 16.9 Å². The molecule has 5 heterocycles. The molecular weight excluding hydrogens is 516 g/mol. The van der Waals surface area contributed by atoms with Crippen LogP contribution in [0.15, 0.2) is 61.7 Å². The molecule has 39 heavy (non-hydrogen) atoms. The lowest BCUT2D eigenvalue weighted by atomic mass is 9.60. The lowest BCUT2D eigenvalue weighted by molar-refractivity contribution is -0.130. The van der Waals surface area contributed by atoms with Crippen molar-refractivity contribution in [3.63, 3.8) is 0 Å². The smallest absolute Gasteiger partial charge is 0.245 e. The van der Waals surface area contributed by atoms with E-state index in [9.17, 15) is 9.90 Å². The third-order valence-corrected chi connectivity index (χ3v) is 8.61. The predicted molar refractivity (Wildman–Crippen MR) is 148 cm³/mol. The molecule has 9 nitrogen and oxygen atoms in total. The van der Waals surface area contributed by atoms with Gasteiger partial charge in [0, 0.05) is 42.3 Å². The Morgan fingerprint density at radius 2 is 2.08 bits per heavy atom. The maximum absolute atomic E-state index is 12.0. The Bertz CT molecular complexity index is 1510. The number of carbonyl (C=O) groups is 1. The Kier molecular flexibility index (Phi) is 6.64. The van der Waals surface area contributed by atoms with Crippen molar-refractivity contribution in [1.82, 2.24) is 29.3 Å². The van der Waals surface area contributed by atoms with Crippen molar-refractivity contribution >= 4 is 23.0 Å². The molecule has 202 valence electrons. The standard InChI is InChI=1S/C29H31ClN6O3/c1-3-27(38)34-10-7-29(8-11-34)13-21(14-29)36-19(2)22(15-33-36)20-12-25(28-23(30)16-32-35(28)17-20)39-26(18-37)24-6-4-5-9-31-24/h3-6,9,12,15-17,21,26,37H,1,7-8,10-11,13-14,18H2,2H3/t26-/m1/s1. The van der Waals surface area contributed by atoms with E-state index < -0.39 is 6.10 Å². The molecule has 1 aliphatic carbocycles. The fraction of sp³-hybridized carbons (Fsp3) is 0.379. The second kappa shape index (κ2) is 10.1. The van der Waals surface area contributed by atoms with Crippen molar-refractivity contribution in [1.29, 1.82) is 0 Å². The van der Waals surface area contributed by atoms with Gasteiger partial charge in [-0.2, -0.15) is 10.2 Å². The van der Waals surface area contributed by atoms with Crippen LogP contribution in [0.1, 0.15) is 49.2 Å². The van der Waals surface area contributed by atoms with E-state index in [1.54, 1.807) is 16.9 Å². The van der Waals surface area contributed by atoms with E-state index in [1.165, 1.54) is 6.08 Å². The number of pyridine rings is 2. The Balaban J connectivity index is 1.25. The molecule has 1 aliphatic heterocycles. The van der Waals surface area contributed by atoms with Crippen molar-refractivity contribution in [3.05, 3.63) is 78.1 Å². The molecule has 1 saturated carbocycles. The van der Waals surface area contributed by atoms with Crippen LogP contribution in [0.4, 0.5) is 0 Å². The highest BCUT2D eigenvalue weighted by atomic mass is 35.5. The molecule has 6 rings (SSSR count). The summed E-state index contributed by atoms with van der Waals surface area (Å²) in [4.78, 5) is 18.2. The minimum atomic E-state index is -0.653. The van der Waals surface area contributed by atoms with Gasteiger partial charge in [-0.15, -0.1) is 0 Å². The number of nitrogens with zero attached hydrogens (tertiary/aromatic N) is 6. The summed E-state index contributed by atoms with van der Waals surface area (Å²) in [6, 6.07) is 7.76. The van der Waals surface area contributed by atoms with Crippen LogP contribution >= 0.6 is 11.6 Å². The molecular formula is C29H31ClN6O3. The fourth-order valence-electron chi connectivity index (χ4n) is 6.12. The number of carbonyl (C=O) groups excluding carboxylic acids is 1. The molecule has 1 amide bonds. The second-order valence-electron chi connectivity index (χ2n) is 10.6. The lowest BCUT2D eigenvalue weighted by Gasteiger charge is -2.52. The Hall–Kier alpha value is -3.69.